The molecule has 3 aromatic carbocycles. The van der Waals surface area contributed by atoms with Gasteiger partial charge in [-0.1, -0.05) is 44.5 Å². The predicted octanol–water partition coefficient (Wildman–Crippen LogP) is 6.71. The Balaban J connectivity index is 1.59. The maximum absolute atomic E-state index is 12.9. The van der Waals surface area contributed by atoms with Gasteiger partial charge in [0.15, 0.2) is 0 Å². The van der Waals surface area contributed by atoms with Crippen molar-refractivity contribution in [2.75, 3.05) is 17.2 Å². The quantitative estimate of drug-likeness (QED) is 0.172. The summed E-state index contributed by atoms with van der Waals surface area (Å²) in [4.78, 5) is 38.5. The molecule has 0 heterocycles. The van der Waals surface area contributed by atoms with Crippen LogP contribution in [0.2, 0.25) is 0 Å². The highest BCUT2D eigenvalue weighted by molar-refractivity contribution is 8.00. The van der Waals surface area contributed by atoms with E-state index < -0.39 is 0 Å². The van der Waals surface area contributed by atoms with Crippen LogP contribution in [-0.2, 0) is 9.53 Å². The monoisotopic (exact) mass is 504 g/mol. The van der Waals surface area contributed by atoms with Crippen molar-refractivity contribution in [1.82, 2.24) is 0 Å². The molecule has 0 fully saturated rings. The number of carbonyl (C=O) groups is 3. The topological polar surface area (TPSA) is 84.5 Å². The van der Waals surface area contributed by atoms with Crippen LogP contribution in [0.5, 0.6) is 0 Å². The summed E-state index contributed by atoms with van der Waals surface area (Å²) >= 11 is 1.44. The number of unbranched alkanes of at least 4 members (excludes halogenated alkanes) is 1. The van der Waals surface area contributed by atoms with Crippen LogP contribution in [0.25, 0.3) is 0 Å². The highest BCUT2D eigenvalue weighted by atomic mass is 32.2. The highest BCUT2D eigenvalue weighted by Crippen LogP contribution is 2.29. The number of nitrogens with one attached hydrogen (secondary N) is 2. The normalized spacial score (nSPS) is 11.4. The fraction of sp³-hybridized carbons (Fsp3) is 0.276. The number of ether oxygens (including phenoxy) is 1. The maximum Gasteiger partial charge on any atom is 0.338 e. The molecule has 1 unspecified atom stereocenters. The smallest absolute Gasteiger partial charge is 0.338 e. The highest BCUT2D eigenvalue weighted by Gasteiger charge is 2.19. The number of amides is 2. The van der Waals surface area contributed by atoms with Gasteiger partial charge < -0.3 is 15.4 Å². The van der Waals surface area contributed by atoms with E-state index in [4.69, 9.17) is 4.74 Å². The lowest BCUT2D eigenvalue weighted by molar-refractivity contribution is -0.115. The average Bonchev–Trinajstić information content (AvgIpc) is 2.88. The maximum atomic E-state index is 12.9. The van der Waals surface area contributed by atoms with Crippen molar-refractivity contribution in [2.45, 2.75) is 50.2 Å². The molecule has 36 heavy (non-hydrogen) atoms. The summed E-state index contributed by atoms with van der Waals surface area (Å²) in [5, 5.41) is 5.54. The molecule has 0 radical (unpaired) electrons. The minimum atomic E-state index is -0.363. The fourth-order valence-electron chi connectivity index (χ4n) is 3.46. The van der Waals surface area contributed by atoms with E-state index in [0.717, 1.165) is 23.3 Å². The standard InChI is InChI=1S/C29H32N2O4S/c1-4-6-18-35-29(34)21-14-16-22(17-15-21)30-28(33)26(5-2)36-24-12-9-11-23(19-24)31-27(32)25-13-8-7-10-20(25)3/h7-17,19,26H,4-6,18H2,1-3H3,(H,30,33)(H,31,32). The molecule has 1 atom stereocenters. The number of benzene rings is 3. The Kier molecular flexibility index (Phi) is 10.1. The summed E-state index contributed by atoms with van der Waals surface area (Å²) in [6.07, 6.45) is 2.41. The zero-order valence-electron chi connectivity index (χ0n) is 20.9. The van der Waals surface area contributed by atoms with E-state index in [0.29, 0.717) is 35.5 Å². The van der Waals surface area contributed by atoms with Gasteiger partial charge in [0.05, 0.1) is 17.4 Å². The molecule has 0 saturated heterocycles. The van der Waals surface area contributed by atoms with Gasteiger partial charge in [-0.25, -0.2) is 4.79 Å². The Morgan fingerprint density at radius 1 is 0.889 bits per heavy atom. The van der Waals surface area contributed by atoms with Gasteiger partial charge in [-0.3, -0.25) is 9.59 Å². The van der Waals surface area contributed by atoms with E-state index in [1.54, 1.807) is 30.3 Å². The lowest BCUT2D eigenvalue weighted by atomic mass is 10.1. The minimum Gasteiger partial charge on any atom is -0.462 e. The van der Waals surface area contributed by atoms with E-state index in [1.165, 1.54) is 11.8 Å². The number of thioether (sulfide) groups is 1. The first kappa shape index (κ1) is 27.0. The average molecular weight is 505 g/mol. The van der Waals surface area contributed by atoms with Gasteiger partial charge in [0.25, 0.3) is 5.91 Å². The molecule has 0 aromatic heterocycles. The van der Waals surface area contributed by atoms with Gasteiger partial charge in [0, 0.05) is 21.8 Å². The van der Waals surface area contributed by atoms with Crippen LogP contribution in [0.3, 0.4) is 0 Å². The van der Waals surface area contributed by atoms with Crippen molar-refractivity contribution in [3.8, 4) is 0 Å². The molecule has 0 aliphatic carbocycles. The molecular formula is C29H32N2O4S. The molecule has 0 bridgehead atoms. The number of aryl methyl sites for hydroxylation is 1. The van der Waals surface area contributed by atoms with E-state index in [-0.39, 0.29) is 23.0 Å². The van der Waals surface area contributed by atoms with Gasteiger partial charge in [-0.15, -0.1) is 11.8 Å². The van der Waals surface area contributed by atoms with Gasteiger partial charge in [0.1, 0.15) is 0 Å². The lowest BCUT2D eigenvalue weighted by Crippen LogP contribution is -2.24. The number of rotatable bonds is 11. The van der Waals surface area contributed by atoms with Crippen molar-refractivity contribution < 1.29 is 19.1 Å². The van der Waals surface area contributed by atoms with E-state index in [9.17, 15) is 14.4 Å². The Hall–Kier alpha value is -3.58. The molecule has 0 spiro atoms. The van der Waals surface area contributed by atoms with Crippen molar-refractivity contribution >= 4 is 40.9 Å². The summed E-state index contributed by atoms with van der Waals surface area (Å²) in [6, 6.07) is 21.6. The Labute approximate surface area is 216 Å². The van der Waals surface area contributed by atoms with Gasteiger partial charge in [-0.05, 0) is 73.9 Å². The van der Waals surface area contributed by atoms with Crippen molar-refractivity contribution in [3.63, 3.8) is 0 Å². The second-order valence-corrected chi connectivity index (χ2v) is 9.64. The van der Waals surface area contributed by atoms with Crippen LogP contribution in [0.4, 0.5) is 11.4 Å². The zero-order chi connectivity index (χ0) is 25.9. The zero-order valence-corrected chi connectivity index (χ0v) is 21.7. The Bertz CT molecular complexity index is 1190. The van der Waals surface area contributed by atoms with Gasteiger partial charge in [0.2, 0.25) is 5.91 Å². The Morgan fingerprint density at radius 2 is 1.64 bits per heavy atom. The number of carbonyl (C=O) groups excluding carboxylic acids is 3. The van der Waals surface area contributed by atoms with E-state index in [2.05, 4.69) is 10.6 Å². The second-order valence-electron chi connectivity index (χ2n) is 8.37. The van der Waals surface area contributed by atoms with E-state index in [1.807, 2.05) is 63.2 Å². The van der Waals surface area contributed by atoms with Crippen LogP contribution in [0.1, 0.15) is 59.4 Å². The lowest BCUT2D eigenvalue weighted by Gasteiger charge is -2.16. The third-order valence-corrected chi connectivity index (χ3v) is 6.90. The molecule has 0 saturated carbocycles. The molecule has 2 amide bonds. The van der Waals surface area contributed by atoms with Crippen molar-refractivity contribution in [2.24, 2.45) is 0 Å². The summed E-state index contributed by atoms with van der Waals surface area (Å²) in [5.41, 5.74) is 3.27. The van der Waals surface area contributed by atoms with Crippen LogP contribution in [0, 0.1) is 6.92 Å². The van der Waals surface area contributed by atoms with E-state index >= 15 is 0 Å². The fourth-order valence-corrected chi connectivity index (χ4v) is 4.48. The first-order chi connectivity index (χ1) is 17.4. The van der Waals surface area contributed by atoms with Gasteiger partial charge in [-0.2, -0.15) is 0 Å². The predicted molar refractivity (Wildman–Crippen MR) is 146 cm³/mol. The molecular weight excluding hydrogens is 472 g/mol. The number of hydrogen-bond donors (Lipinski definition) is 2. The summed E-state index contributed by atoms with van der Waals surface area (Å²) in [5.74, 6) is -0.662. The summed E-state index contributed by atoms with van der Waals surface area (Å²) in [7, 11) is 0. The number of anilines is 2. The summed E-state index contributed by atoms with van der Waals surface area (Å²) in [6.45, 7) is 6.30. The molecule has 3 aromatic rings. The van der Waals surface area contributed by atoms with Crippen LogP contribution < -0.4 is 10.6 Å². The largest absolute Gasteiger partial charge is 0.462 e. The molecule has 2 N–H and O–H groups in total. The third-order valence-electron chi connectivity index (χ3n) is 5.54. The molecule has 6 nitrogen and oxygen atoms in total. The summed E-state index contributed by atoms with van der Waals surface area (Å²) < 4.78 is 5.22. The number of hydrogen-bond acceptors (Lipinski definition) is 5. The van der Waals surface area contributed by atoms with Crippen LogP contribution >= 0.6 is 11.8 Å². The van der Waals surface area contributed by atoms with Crippen molar-refractivity contribution in [1.29, 1.82) is 0 Å². The van der Waals surface area contributed by atoms with Crippen LogP contribution in [-0.4, -0.2) is 29.6 Å². The SMILES string of the molecule is CCCCOC(=O)c1ccc(NC(=O)C(CC)Sc2cccc(NC(=O)c3ccccc3C)c2)cc1. The van der Waals surface area contributed by atoms with Crippen LogP contribution in [0.15, 0.2) is 77.7 Å². The molecule has 7 heteroatoms. The molecule has 0 aliphatic heterocycles. The third kappa shape index (κ3) is 7.71. The number of esters is 1. The molecule has 3 rings (SSSR count). The first-order valence-electron chi connectivity index (χ1n) is 12.1. The molecule has 0 aliphatic rings. The minimum absolute atomic E-state index is 0.130. The van der Waals surface area contributed by atoms with Crippen molar-refractivity contribution in [3.05, 3.63) is 89.5 Å². The first-order valence-corrected chi connectivity index (χ1v) is 13.0. The molecule has 188 valence electrons. The van der Waals surface area contributed by atoms with Gasteiger partial charge >= 0.3 is 5.97 Å². The Morgan fingerprint density at radius 3 is 2.33 bits per heavy atom. The second kappa shape index (κ2) is 13.5.